The summed E-state index contributed by atoms with van der Waals surface area (Å²) in [6.45, 7) is 2.74. The molecule has 2 heterocycles. The summed E-state index contributed by atoms with van der Waals surface area (Å²) in [7, 11) is 0. The number of hydrogen-bond donors (Lipinski definition) is 1. The molecule has 1 aliphatic heterocycles. The smallest absolute Gasteiger partial charge is 0.274 e. The SMILES string of the molecule is CC1CCN/C(=C/[N+](=O)[O-])N1c1ccc(Cl)nc1. The van der Waals surface area contributed by atoms with Crippen LogP contribution in [0.15, 0.2) is 30.4 Å². The first-order valence-corrected chi connectivity index (χ1v) is 5.95. The zero-order valence-corrected chi connectivity index (χ0v) is 10.6. The number of aromatic nitrogens is 1. The van der Waals surface area contributed by atoms with Crippen LogP contribution in [0.4, 0.5) is 5.69 Å². The molecule has 1 aromatic heterocycles. The van der Waals surface area contributed by atoms with Crippen LogP contribution in [-0.4, -0.2) is 22.5 Å². The summed E-state index contributed by atoms with van der Waals surface area (Å²) in [4.78, 5) is 16.0. The first-order chi connectivity index (χ1) is 8.58. The maximum atomic E-state index is 10.6. The molecule has 7 heteroatoms. The van der Waals surface area contributed by atoms with Gasteiger partial charge in [-0.25, -0.2) is 4.98 Å². The van der Waals surface area contributed by atoms with Gasteiger partial charge in [-0.15, -0.1) is 0 Å². The summed E-state index contributed by atoms with van der Waals surface area (Å²) < 4.78 is 0. The predicted octanol–water partition coefficient (Wildman–Crippen LogP) is 2.00. The zero-order valence-electron chi connectivity index (χ0n) is 9.84. The summed E-state index contributed by atoms with van der Waals surface area (Å²) in [5.41, 5.74) is 0.784. The van der Waals surface area contributed by atoms with E-state index in [-0.39, 0.29) is 6.04 Å². The third kappa shape index (κ3) is 2.70. The van der Waals surface area contributed by atoms with Gasteiger partial charge in [0.05, 0.1) is 16.8 Å². The van der Waals surface area contributed by atoms with Crippen LogP contribution < -0.4 is 10.2 Å². The summed E-state index contributed by atoms with van der Waals surface area (Å²) in [5, 5.41) is 14.1. The predicted molar refractivity (Wildman–Crippen MR) is 68.9 cm³/mol. The van der Waals surface area contributed by atoms with Crippen LogP contribution in [0.25, 0.3) is 0 Å². The van der Waals surface area contributed by atoms with Crippen LogP contribution in [0.2, 0.25) is 5.15 Å². The lowest BCUT2D eigenvalue weighted by atomic mass is 10.1. The van der Waals surface area contributed by atoms with Crippen molar-refractivity contribution >= 4 is 17.3 Å². The van der Waals surface area contributed by atoms with E-state index in [0.717, 1.165) is 24.9 Å². The topological polar surface area (TPSA) is 71.3 Å². The molecule has 6 nitrogen and oxygen atoms in total. The molecule has 1 aromatic rings. The minimum absolute atomic E-state index is 0.167. The van der Waals surface area contributed by atoms with E-state index in [1.807, 2.05) is 11.8 Å². The second-order valence-electron chi connectivity index (χ2n) is 4.07. The minimum Gasteiger partial charge on any atom is -0.366 e. The third-order valence-corrected chi connectivity index (χ3v) is 3.01. The highest BCUT2D eigenvalue weighted by atomic mass is 35.5. The Bertz CT molecular complexity index is 474. The fourth-order valence-corrected chi connectivity index (χ4v) is 2.08. The van der Waals surface area contributed by atoms with Crippen molar-refractivity contribution in [3.8, 4) is 0 Å². The molecular weight excluding hydrogens is 256 g/mol. The fourth-order valence-electron chi connectivity index (χ4n) is 1.97. The molecule has 2 rings (SSSR count). The van der Waals surface area contributed by atoms with E-state index >= 15 is 0 Å². The summed E-state index contributed by atoms with van der Waals surface area (Å²) in [6.07, 6.45) is 3.49. The fraction of sp³-hybridized carbons (Fsp3) is 0.364. The highest BCUT2D eigenvalue weighted by Gasteiger charge is 2.25. The van der Waals surface area contributed by atoms with Crippen molar-refractivity contribution < 1.29 is 4.92 Å². The van der Waals surface area contributed by atoms with Crippen LogP contribution >= 0.6 is 11.6 Å². The quantitative estimate of drug-likeness (QED) is 0.505. The molecule has 1 saturated heterocycles. The second-order valence-corrected chi connectivity index (χ2v) is 4.46. The van der Waals surface area contributed by atoms with Gasteiger partial charge in [0.25, 0.3) is 6.20 Å². The zero-order chi connectivity index (χ0) is 13.1. The van der Waals surface area contributed by atoms with Crippen molar-refractivity contribution in [3.05, 3.63) is 45.6 Å². The van der Waals surface area contributed by atoms with Crippen molar-refractivity contribution in [1.82, 2.24) is 10.3 Å². The Labute approximate surface area is 109 Å². The highest BCUT2D eigenvalue weighted by Crippen LogP contribution is 2.25. The van der Waals surface area contributed by atoms with Gasteiger partial charge >= 0.3 is 0 Å². The van der Waals surface area contributed by atoms with Crippen molar-refractivity contribution in [3.63, 3.8) is 0 Å². The Hall–Kier alpha value is -1.82. The van der Waals surface area contributed by atoms with Crippen LogP contribution in [0.3, 0.4) is 0 Å². The standard InChI is InChI=1S/C11H13ClN4O2/c1-8-4-5-13-11(7-15(17)18)16(8)9-2-3-10(12)14-6-9/h2-3,6-8,13H,4-5H2,1H3/b11-7-. The van der Waals surface area contributed by atoms with Gasteiger partial charge in [-0.2, -0.15) is 0 Å². The number of pyridine rings is 1. The molecule has 1 atom stereocenters. The van der Waals surface area contributed by atoms with Crippen molar-refractivity contribution in [2.24, 2.45) is 0 Å². The Kier molecular flexibility index (Phi) is 3.66. The number of hydrogen-bond acceptors (Lipinski definition) is 5. The molecule has 96 valence electrons. The molecule has 18 heavy (non-hydrogen) atoms. The number of nitro groups is 1. The van der Waals surface area contributed by atoms with Crippen molar-refractivity contribution in [2.45, 2.75) is 19.4 Å². The molecule has 0 amide bonds. The van der Waals surface area contributed by atoms with E-state index in [1.165, 1.54) is 0 Å². The van der Waals surface area contributed by atoms with Gasteiger partial charge in [0.15, 0.2) is 5.82 Å². The number of rotatable bonds is 2. The Balaban J connectivity index is 2.35. The van der Waals surface area contributed by atoms with Gasteiger partial charge in [0.1, 0.15) is 5.15 Å². The monoisotopic (exact) mass is 268 g/mol. The average molecular weight is 269 g/mol. The maximum Gasteiger partial charge on any atom is 0.274 e. The molecule has 1 unspecified atom stereocenters. The van der Waals surface area contributed by atoms with E-state index in [4.69, 9.17) is 11.6 Å². The van der Waals surface area contributed by atoms with Crippen molar-refractivity contribution in [1.29, 1.82) is 0 Å². The van der Waals surface area contributed by atoms with Crippen LogP contribution in [0, 0.1) is 10.1 Å². The lowest BCUT2D eigenvalue weighted by molar-refractivity contribution is -0.403. The molecule has 1 fully saturated rings. The average Bonchev–Trinajstić information content (AvgIpc) is 2.30. The minimum atomic E-state index is -0.462. The van der Waals surface area contributed by atoms with Gasteiger partial charge in [0.2, 0.25) is 0 Å². The second kappa shape index (κ2) is 5.22. The lowest BCUT2D eigenvalue weighted by Crippen LogP contribution is -2.45. The molecule has 0 saturated carbocycles. The van der Waals surface area contributed by atoms with Gasteiger partial charge in [0, 0.05) is 12.6 Å². The van der Waals surface area contributed by atoms with Crippen LogP contribution in [0.5, 0.6) is 0 Å². The van der Waals surface area contributed by atoms with Crippen molar-refractivity contribution in [2.75, 3.05) is 11.4 Å². The number of nitrogens with one attached hydrogen (secondary N) is 1. The Morgan fingerprint density at radius 2 is 2.44 bits per heavy atom. The first-order valence-electron chi connectivity index (χ1n) is 5.58. The maximum absolute atomic E-state index is 10.6. The number of halogens is 1. The molecule has 0 aromatic carbocycles. The van der Waals surface area contributed by atoms with Gasteiger partial charge in [-0.3, -0.25) is 10.1 Å². The normalized spacial score (nSPS) is 21.8. The molecule has 1 N–H and O–H groups in total. The molecule has 0 radical (unpaired) electrons. The summed E-state index contributed by atoms with van der Waals surface area (Å²) >= 11 is 5.74. The van der Waals surface area contributed by atoms with E-state index in [1.54, 1.807) is 18.3 Å². The lowest BCUT2D eigenvalue weighted by Gasteiger charge is -2.36. The third-order valence-electron chi connectivity index (χ3n) is 2.79. The van der Waals surface area contributed by atoms with Crippen LogP contribution in [0.1, 0.15) is 13.3 Å². The van der Waals surface area contributed by atoms with Gasteiger partial charge < -0.3 is 10.2 Å². The number of anilines is 1. The largest absolute Gasteiger partial charge is 0.366 e. The van der Waals surface area contributed by atoms with E-state index in [9.17, 15) is 10.1 Å². The van der Waals surface area contributed by atoms with Gasteiger partial charge in [-0.05, 0) is 25.5 Å². The highest BCUT2D eigenvalue weighted by molar-refractivity contribution is 6.29. The van der Waals surface area contributed by atoms with Crippen LogP contribution in [-0.2, 0) is 0 Å². The molecule has 0 aliphatic carbocycles. The van der Waals surface area contributed by atoms with Gasteiger partial charge in [-0.1, -0.05) is 11.6 Å². The summed E-state index contributed by atoms with van der Waals surface area (Å²) in [5.74, 6) is 0.475. The summed E-state index contributed by atoms with van der Waals surface area (Å²) in [6, 6.07) is 3.63. The van der Waals surface area contributed by atoms with E-state index in [2.05, 4.69) is 10.3 Å². The van der Waals surface area contributed by atoms with E-state index in [0.29, 0.717) is 11.0 Å². The molecule has 1 aliphatic rings. The Morgan fingerprint density at radius 1 is 1.67 bits per heavy atom. The van der Waals surface area contributed by atoms with E-state index < -0.39 is 4.92 Å². The molecule has 0 bridgehead atoms. The molecule has 0 spiro atoms. The number of nitrogens with zero attached hydrogens (tertiary/aromatic N) is 3. The molecular formula is C11H13ClN4O2. The first kappa shape index (κ1) is 12.6. The Morgan fingerprint density at radius 3 is 3.06 bits per heavy atom.